The zero-order valence-corrected chi connectivity index (χ0v) is 12.6. The molecule has 0 atom stereocenters. The second kappa shape index (κ2) is 7.64. The Kier molecular flexibility index (Phi) is 6.17. The zero-order chi connectivity index (χ0) is 15.9. The molecule has 6 nitrogen and oxygen atoms in total. The van der Waals surface area contributed by atoms with E-state index < -0.39 is 11.7 Å². The zero-order valence-electron chi connectivity index (χ0n) is 12.6. The van der Waals surface area contributed by atoms with Gasteiger partial charge in [-0.3, -0.25) is 10.1 Å². The Hall–Kier alpha value is -2.08. The first-order valence-electron chi connectivity index (χ1n) is 6.76. The molecular formula is C15H22N2O4. The van der Waals surface area contributed by atoms with E-state index in [0.29, 0.717) is 5.69 Å². The highest BCUT2D eigenvalue weighted by Gasteiger charge is 2.16. The molecule has 116 valence electrons. The summed E-state index contributed by atoms with van der Waals surface area (Å²) in [6, 6.07) is 6.92. The molecular weight excluding hydrogens is 272 g/mol. The molecule has 1 aromatic rings. The van der Waals surface area contributed by atoms with Gasteiger partial charge in [0.05, 0.1) is 13.0 Å². The van der Waals surface area contributed by atoms with Crippen LogP contribution in [-0.4, -0.2) is 35.9 Å². The van der Waals surface area contributed by atoms with Crippen molar-refractivity contribution >= 4 is 17.7 Å². The van der Waals surface area contributed by atoms with Crippen LogP contribution in [0.1, 0.15) is 26.3 Å². The number of amides is 2. The van der Waals surface area contributed by atoms with Gasteiger partial charge < -0.3 is 15.2 Å². The van der Waals surface area contributed by atoms with Crippen molar-refractivity contribution in [1.82, 2.24) is 5.32 Å². The Labute approximate surface area is 124 Å². The molecule has 0 bridgehead atoms. The third-order valence-corrected chi connectivity index (χ3v) is 2.40. The summed E-state index contributed by atoms with van der Waals surface area (Å²) < 4.78 is 5.14. The Morgan fingerprint density at radius 3 is 2.33 bits per heavy atom. The topological polar surface area (TPSA) is 87.7 Å². The molecule has 0 aliphatic carbocycles. The first-order chi connectivity index (χ1) is 9.80. The molecule has 2 amide bonds. The molecule has 3 N–H and O–H groups in total. The second-order valence-corrected chi connectivity index (χ2v) is 5.57. The molecule has 0 saturated heterocycles. The highest BCUT2D eigenvalue weighted by molar-refractivity contribution is 5.85. The largest absolute Gasteiger partial charge is 0.444 e. The van der Waals surface area contributed by atoms with Gasteiger partial charge in [-0.25, -0.2) is 4.79 Å². The lowest BCUT2D eigenvalue weighted by atomic mass is 10.1. The van der Waals surface area contributed by atoms with Gasteiger partial charge in [-0.05, 0) is 38.5 Å². The maximum absolute atomic E-state index is 11.6. The van der Waals surface area contributed by atoms with E-state index in [9.17, 15) is 9.59 Å². The minimum Gasteiger partial charge on any atom is -0.444 e. The van der Waals surface area contributed by atoms with Gasteiger partial charge in [0.25, 0.3) is 0 Å². The molecule has 0 aliphatic heterocycles. The fourth-order valence-electron chi connectivity index (χ4n) is 1.57. The van der Waals surface area contributed by atoms with Gasteiger partial charge in [0, 0.05) is 12.2 Å². The predicted molar refractivity (Wildman–Crippen MR) is 80.1 cm³/mol. The van der Waals surface area contributed by atoms with Crippen molar-refractivity contribution in [1.29, 1.82) is 0 Å². The standard InChI is InChI=1S/C15H22N2O4/c1-15(2,3)21-14(20)17-12-6-4-11(5-7-12)10-13(19)16-8-9-18/h4-7,18H,8-10H2,1-3H3,(H,16,19)(H,17,20). The number of nitrogens with one attached hydrogen (secondary N) is 2. The number of hydrogen-bond donors (Lipinski definition) is 3. The molecule has 0 aliphatic rings. The Balaban J connectivity index is 2.50. The van der Waals surface area contributed by atoms with Crippen LogP contribution in [0.25, 0.3) is 0 Å². The molecule has 0 unspecified atom stereocenters. The summed E-state index contributed by atoms with van der Waals surface area (Å²) in [5.41, 5.74) is 0.874. The maximum Gasteiger partial charge on any atom is 0.412 e. The quantitative estimate of drug-likeness (QED) is 0.771. The summed E-state index contributed by atoms with van der Waals surface area (Å²) in [4.78, 5) is 23.1. The highest BCUT2D eigenvalue weighted by Crippen LogP contribution is 2.13. The smallest absolute Gasteiger partial charge is 0.412 e. The van der Waals surface area contributed by atoms with Gasteiger partial charge >= 0.3 is 6.09 Å². The lowest BCUT2D eigenvalue weighted by Gasteiger charge is -2.19. The van der Waals surface area contributed by atoms with Gasteiger partial charge in [0.15, 0.2) is 0 Å². The van der Waals surface area contributed by atoms with E-state index in [2.05, 4.69) is 10.6 Å². The van der Waals surface area contributed by atoms with Gasteiger partial charge in [-0.15, -0.1) is 0 Å². The molecule has 21 heavy (non-hydrogen) atoms. The monoisotopic (exact) mass is 294 g/mol. The van der Waals surface area contributed by atoms with Gasteiger partial charge in [0.2, 0.25) is 5.91 Å². The summed E-state index contributed by atoms with van der Waals surface area (Å²) in [5.74, 6) is -0.156. The first-order valence-corrected chi connectivity index (χ1v) is 6.76. The first kappa shape index (κ1) is 17.0. The van der Waals surface area contributed by atoms with E-state index in [1.54, 1.807) is 45.0 Å². The van der Waals surface area contributed by atoms with Crippen LogP contribution in [0.15, 0.2) is 24.3 Å². The molecule has 0 fully saturated rings. The lowest BCUT2D eigenvalue weighted by molar-refractivity contribution is -0.120. The number of aliphatic hydroxyl groups excluding tert-OH is 1. The van der Waals surface area contributed by atoms with Gasteiger partial charge in [0.1, 0.15) is 5.60 Å². The number of anilines is 1. The van der Waals surface area contributed by atoms with Crippen LogP contribution in [0.2, 0.25) is 0 Å². The number of rotatable bonds is 5. The van der Waals surface area contributed by atoms with E-state index in [1.807, 2.05) is 0 Å². The molecule has 1 rings (SSSR count). The molecule has 6 heteroatoms. The van der Waals surface area contributed by atoms with Crippen molar-refractivity contribution in [3.63, 3.8) is 0 Å². The van der Waals surface area contributed by atoms with Gasteiger partial charge in [-0.1, -0.05) is 12.1 Å². The van der Waals surface area contributed by atoms with E-state index in [0.717, 1.165) is 5.56 Å². The van der Waals surface area contributed by atoms with Crippen LogP contribution in [-0.2, 0) is 16.0 Å². The summed E-state index contributed by atoms with van der Waals surface area (Å²) in [7, 11) is 0. The molecule has 0 radical (unpaired) electrons. The summed E-state index contributed by atoms with van der Waals surface area (Å²) in [6.07, 6.45) is -0.289. The van der Waals surface area contributed by atoms with E-state index in [-0.39, 0.29) is 25.5 Å². The van der Waals surface area contributed by atoms with Crippen molar-refractivity contribution in [3.8, 4) is 0 Å². The second-order valence-electron chi connectivity index (χ2n) is 5.57. The summed E-state index contributed by atoms with van der Waals surface area (Å²) in [6.45, 7) is 5.55. The van der Waals surface area contributed by atoms with Crippen molar-refractivity contribution in [2.75, 3.05) is 18.5 Å². The molecule has 0 aromatic heterocycles. The number of ether oxygens (including phenoxy) is 1. The fraction of sp³-hybridized carbons (Fsp3) is 0.467. The fourth-order valence-corrected chi connectivity index (χ4v) is 1.57. The predicted octanol–water partition coefficient (Wildman–Crippen LogP) is 1.68. The van der Waals surface area contributed by atoms with Crippen molar-refractivity contribution < 1.29 is 19.4 Å². The van der Waals surface area contributed by atoms with Crippen molar-refractivity contribution in [2.24, 2.45) is 0 Å². The molecule has 0 saturated carbocycles. The number of aliphatic hydroxyl groups is 1. The van der Waals surface area contributed by atoms with Crippen LogP contribution in [0.5, 0.6) is 0 Å². The number of hydrogen-bond acceptors (Lipinski definition) is 4. The Morgan fingerprint density at radius 1 is 1.19 bits per heavy atom. The maximum atomic E-state index is 11.6. The van der Waals surface area contributed by atoms with Crippen molar-refractivity contribution in [2.45, 2.75) is 32.8 Å². The van der Waals surface area contributed by atoms with Crippen LogP contribution >= 0.6 is 0 Å². The number of carbonyl (C=O) groups is 2. The third kappa shape index (κ3) is 7.31. The average molecular weight is 294 g/mol. The molecule has 1 aromatic carbocycles. The summed E-state index contributed by atoms with van der Waals surface area (Å²) >= 11 is 0. The number of benzene rings is 1. The molecule has 0 spiro atoms. The third-order valence-electron chi connectivity index (χ3n) is 2.40. The average Bonchev–Trinajstić information content (AvgIpc) is 2.36. The minimum absolute atomic E-state index is 0.0789. The van der Waals surface area contributed by atoms with Crippen molar-refractivity contribution in [3.05, 3.63) is 29.8 Å². The summed E-state index contributed by atoms with van der Waals surface area (Å²) in [5, 5.41) is 13.8. The van der Waals surface area contributed by atoms with Crippen LogP contribution in [0.4, 0.5) is 10.5 Å². The minimum atomic E-state index is -0.547. The number of carbonyl (C=O) groups excluding carboxylic acids is 2. The van der Waals surface area contributed by atoms with Crippen LogP contribution in [0.3, 0.4) is 0 Å². The SMILES string of the molecule is CC(C)(C)OC(=O)Nc1ccc(CC(=O)NCCO)cc1. The van der Waals surface area contributed by atoms with Crippen LogP contribution < -0.4 is 10.6 Å². The van der Waals surface area contributed by atoms with Gasteiger partial charge in [-0.2, -0.15) is 0 Å². The van der Waals surface area contributed by atoms with E-state index >= 15 is 0 Å². The molecule has 0 heterocycles. The normalized spacial score (nSPS) is 10.9. The Bertz CT molecular complexity index is 477. The van der Waals surface area contributed by atoms with E-state index in [1.165, 1.54) is 0 Å². The van der Waals surface area contributed by atoms with Crippen LogP contribution in [0, 0.1) is 0 Å². The van der Waals surface area contributed by atoms with E-state index in [4.69, 9.17) is 9.84 Å². The lowest BCUT2D eigenvalue weighted by Crippen LogP contribution is -2.28. The highest BCUT2D eigenvalue weighted by atomic mass is 16.6. The Morgan fingerprint density at radius 2 is 1.81 bits per heavy atom.